The Balaban J connectivity index is 2.46. The third-order valence-corrected chi connectivity index (χ3v) is 1.57. The Morgan fingerprint density at radius 3 is 2.67 bits per heavy atom. The Hall–Kier alpha value is -1.88. The maximum absolute atomic E-state index is 11.1. The second-order valence-corrected chi connectivity index (χ2v) is 2.70. The van der Waals surface area contributed by atoms with Crippen LogP contribution in [0.3, 0.4) is 0 Å². The van der Waals surface area contributed by atoms with Gasteiger partial charge in [0.2, 0.25) is 6.29 Å². The molecule has 1 amide bonds. The molecule has 0 unspecified atom stereocenters. The number of carbonyl (C=O) groups is 1. The number of aliphatic hydroxyl groups excluding tert-OH is 1. The lowest BCUT2D eigenvalue weighted by atomic mass is 10.3. The number of aliphatic hydroxyl groups is 1. The van der Waals surface area contributed by atoms with Crippen LogP contribution in [0, 0.1) is 0 Å². The summed E-state index contributed by atoms with van der Waals surface area (Å²) in [5, 5.41) is 10.7. The second-order valence-electron chi connectivity index (χ2n) is 2.70. The highest BCUT2D eigenvalue weighted by molar-refractivity contribution is 5.75. The molecule has 0 aliphatic rings. The van der Waals surface area contributed by atoms with Gasteiger partial charge in [0.15, 0.2) is 0 Å². The quantitative estimate of drug-likeness (QED) is 0.743. The van der Waals surface area contributed by atoms with Gasteiger partial charge >= 0.3 is 6.09 Å². The first-order valence-electron chi connectivity index (χ1n) is 4.28. The van der Waals surface area contributed by atoms with Crippen LogP contribution < -0.4 is 10.1 Å². The van der Waals surface area contributed by atoms with E-state index in [9.17, 15) is 9.59 Å². The van der Waals surface area contributed by atoms with Gasteiger partial charge in [0.1, 0.15) is 11.8 Å². The monoisotopic (exact) mass is 208 g/mol. The van der Waals surface area contributed by atoms with Crippen LogP contribution in [0.15, 0.2) is 30.3 Å². The molecule has 79 valence electrons. The molecule has 0 aliphatic carbocycles. The maximum atomic E-state index is 11.1. The van der Waals surface area contributed by atoms with Gasteiger partial charge in [0.25, 0.3) is 0 Å². The largest absolute Gasteiger partial charge is 0.413 e. The molecule has 1 atom stereocenters. The summed E-state index contributed by atoms with van der Waals surface area (Å²) in [5.74, 6) is 0.359. The van der Waals surface area contributed by atoms with Gasteiger partial charge < -0.3 is 15.2 Å². The van der Waals surface area contributed by atoms with Gasteiger partial charge in [-0.2, -0.15) is 0 Å². The van der Waals surface area contributed by atoms with E-state index >= 15 is 0 Å². The molecule has 1 radical (unpaired) electrons. The van der Waals surface area contributed by atoms with E-state index in [0.717, 1.165) is 0 Å². The minimum absolute atomic E-state index is 0.359. The highest BCUT2D eigenvalue weighted by atomic mass is 16.6. The fourth-order valence-electron chi connectivity index (χ4n) is 0.880. The van der Waals surface area contributed by atoms with Gasteiger partial charge in [-0.1, -0.05) is 18.2 Å². The maximum Gasteiger partial charge on any atom is 0.413 e. The lowest BCUT2D eigenvalue weighted by molar-refractivity contribution is 0.190. The lowest BCUT2D eigenvalue weighted by Gasteiger charge is -2.09. The third-order valence-electron chi connectivity index (χ3n) is 1.57. The van der Waals surface area contributed by atoms with Crippen LogP contribution >= 0.6 is 0 Å². The fourth-order valence-corrected chi connectivity index (χ4v) is 0.880. The van der Waals surface area contributed by atoms with Crippen LogP contribution in [-0.4, -0.2) is 30.1 Å². The van der Waals surface area contributed by atoms with Gasteiger partial charge in [0, 0.05) is 0 Å². The lowest BCUT2D eigenvalue weighted by Crippen LogP contribution is -2.40. The van der Waals surface area contributed by atoms with Crippen molar-refractivity contribution in [2.75, 3.05) is 6.61 Å². The normalized spacial score (nSPS) is 11.5. The molecule has 0 bridgehead atoms. The molecule has 0 fully saturated rings. The summed E-state index contributed by atoms with van der Waals surface area (Å²) in [4.78, 5) is 21.3. The molecule has 0 aromatic heterocycles. The zero-order valence-corrected chi connectivity index (χ0v) is 7.84. The summed E-state index contributed by atoms with van der Waals surface area (Å²) < 4.78 is 4.81. The number of carbonyl (C=O) groups excluding carboxylic acids is 2. The van der Waals surface area contributed by atoms with E-state index in [1.165, 1.54) is 6.29 Å². The Bertz CT molecular complexity index is 325. The summed E-state index contributed by atoms with van der Waals surface area (Å²) in [6.45, 7) is -0.507. The van der Waals surface area contributed by atoms with E-state index in [4.69, 9.17) is 9.84 Å². The summed E-state index contributed by atoms with van der Waals surface area (Å²) in [5.41, 5.74) is 0. The molecule has 0 spiro atoms. The highest BCUT2D eigenvalue weighted by Crippen LogP contribution is 2.07. The zero-order valence-electron chi connectivity index (χ0n) is 7.84. The number of amides is 1. The van der Waals surface area contributed by atoms with Gasteiger partial charge in [-0.15, -0.1) is 0 Å². The van der Waals surface area contributed by atoms with E-state index in [2.05, 4.69) is 5.32 Å². The summed E-state index contributed by atoms with van der Waals surface area (Å²) in [6, 6.07) is 7.33. The van der Waals surface area contributed by atoms with Crippen LogP contribution in [-0.2, 0) is 4.79 Å². The average molecular weight is 208 g/mol. The van der Waals surface area contributed by atoms with E-state index in [0.29, 0.717) is 5.75 Å². The van der Waals surface area contributed by atoms with Crippen molar-refractivity contribution in [1.29, 1.82) is 0 Å². The van der Waals surface area contributed by atoms with Crippen LogP contribution in [0.1, 0.15) is 0 Å². The first kappa shape index (κ1) is 11.2. The van der Waals surface area contributed by atoms with Crippen molar-refractivity contribution in [3.05, 3.63) is 30.3 Å². The molecule has 0 heterocycles. The molecule has 5 heteroatoms. The second kappa shape index (κ2) is 5.77. The smallest absolute Gasteiger partial charge is 0.410 e. The molecule has 1 aromatic carbocycles. The molecule has 1 rings (SSSR count). The van der Waals surface area contributed by atoms with Crippen molar-refractivity contribution in [2.45, 2.75) is 6.04 Å². The van der Waals surface area contributed by atoms with E-state index in [-0.39, 0.29) is 0 Å². The Morgan fingerprint density at radius 1 is 1.47 bits per heavy atom. The van der Waals surface area contributed by atoms with Crippen molar-refractivity contribution in [1.82, 2.24) is 5.32 Å². The molecular formula is C10H10NO4. The van der Waals surface area contributed by atoms with E-state index in [1.807, 2.05) is 0 Å². The number of para-hydroxylation sites is 1. The molecule has 2 N–H and O–H groups in total. The van der Waals surface area contributed by atoms with Crippen molar-refractivity contribution < 1.29 is 19.4 Å². The molecule has 0 saturated heterocycles. The van der Waals surface area contributed by atoms with Crippen molar-refractivity contribution >= 4 is 12.4 Å². The van der Waals surface area contributed by atoms with Crippen molar-refractivity contribution in [3.63, 3.8) is 0 Å². The summed E-state index contributed by atoms with van der Waals surface area (Å²) >= 11 is 0. The van der Waals surface area contributed by atoms with Crippen molar-refractivity contribution in [3.8, 4) is 5.75 Å². The zero-order chi connectivity index (χ0) is 11.1. The van der Waals surface area contributed by atoms with Gasteiger partial charge in [-0.05, 0) is 12.1 Å². The van der Waals surface area contributed by atoms with Crippen LogP contribution in [0.2, 0.25) is 0 Å². The average Bonchev–Trinajstić information content (AvgIpc) is 2.27. The van der Waals surface area contributed by atoms with Crippen molar-refractivity contribution in [2.24, 2.45) is 0 Å². The topological polar surface area (TPSA) is 75.6 Å². The number of ether oxygens (including phenoxy) is 1. The van der Waals surface area contributed by atoms with Crippen LogP contribution in [0.25, 0.3) is 0 Å². The summed E-state index contributed by atoms with van der Waals surface area (Å²) in [7, 11) is 0. The number of hydrogen-bond donors (Lipinski definition) is 2. The predicted octanol–water partition coefficient (Wildman–Crippen LogP) is 0.246. The Kier molecular flexibility index (Phi) is 4.30. The minimum atomic E-state index is -1.05. The van der Waals surface area contributed by atoms with Crippen LogP contribution in [0.4, 0.5) is 4.79 Å². The third kappa shape index (κ3) is 3.78. The fraction of sp³-hybridized carbons (Fsp3) is 0.200. The molecule has 0 saturated carbocycles. The Morgan fingerprint density at radius 2 is 2.13 bits per heavy atom. The molecule has 15 heavy (non-hydrogen) atoms. The van der Waals surface area contributed by atoms with Gasteiger partial charge in [0.05, 0.1) is 6.61 Å². The first-order chi connectivity index (χ1) is 7.26. The van der Waals surface area contributed by atoms with Gasteiger partial charge in [-0.3, -0.25) is 4.79 Å². The molecular weight excluding hydrogens is 198 g/mol. The minimum Gasteiger partial charge on any atom is -0.410 e. The SMILES string of the molecule is O=[C][C@@H](CO)NC(=O)Oc1ccccc1. The number of nitrogens with one attached hydrogen (secondary N) is 1. The van der Waals surface area contributed by atoms with E-state index in [1.54, 1.807) is 30.3 Å². The number of rotatable bonds is 4. The molecule has 1 aromatic rings. The van der Waals surface area contributed by atoms with Crippen LogP contribution in [0.5, 0.6) is 5.75 Å². The predicted molar refractivity (Wildman–Crippen MR) is 52.2 cm³/mol. The van der Waals surface area contributed by atoms with E-state index < -0.39 is 18.7 Å². The highest BCUT2D eigenvalue weighted by Gasteiger charge is 2.11. The number of benzene rings is 1. The standard InChI is InChI=1S/C10H10NO4/c12-6-8(7-13)11-10(14)15-9-4-2-1-3-5-9/h1-5,8,12H,6H2,(H,11,14)/t8-/m1/s1. The first-order valence-corrected chi connectivity index (χ1v) is 4.28. The molecule has 0 aliphatic heterocycles. The van der Waals surface area contributed by atoms with Gasteiger partial charge in [-0.25, -0.2) is 4.79 Å². The summed E-state index contributed by atoms with van der Waals surface area (Å²) in [6.07, 6.45) is 0.654. The Labute approximate surface area is 86.7 Å². The molecule has 5 nitrogen and oxygen atoms in total. The number of hydrogen-bond acceptors (Lipinski definition) is 4.